The Labute approximate surface area is 137 Å². The number of hydrogen-bond donors (Lipinski definition) is 1. The van der Waals surface area contributed by atoms with Gasteiger partial charge in [0.15, 0.2) is 0 Å². The maximum atomic E-state index is 12.1. The van der Waals surface area contributed by atoms with Crippen LogP contribution in [0.2, 0.25) is 0 Å². The highest BCUT2D eigenvalue weighted by atomic mass is 16.6. The number of rotatable bonds is 4. The molecule has 122 valence electrons. The molecule has 0 saturated heterocycles. The molecule has 2 aromatic carbocycles. The summed E-state index contributed by atoms with van der Waals surface area (Å²) < 4.78 is 5.30. The lowest BCUT2D eigenvalue weighted by Gasteiger charge is -2.18. The van der Waals surface area contributed by atoms with E-state index in [-0.39, 0.29) is 11.6 Å². The fourth-order valence-corrected chi connectivity index (χ4v) is 2.95. The maximum absolute atomic E-state index is 12.1. The van der Waals surface area contributed by atoms with Crippen molar-refractivity contribution in [3.05, 3.63) is 68.8 Å². The first kappa shape index (κ1) is 15.7. The summed E-state index contributed by atoms with van der Waals surface area (Å²) in [6.07, 6.45) is 0. The minimum Gasteiger partial charge on any atom is -0.496 e. The van der Waals surface area contributed by atoms with Gasteiger partial charge in [0, 0.05) is 23.6 Å². The van der Waals surface area contributed by atoms with Crippen molar-refractivity contribution in [2.24, 2.45) is 0 Å². The molecule has 2 aromatic rings. The second kappa shape index (κ2) is 5.77. The van der Waals surface area contributed by atoms with E-state index < -0.39 is 16.7 Å². The van der Waals surface area contributed by atoms with Crippen LogP contribution in [-0.4, -0.2) is 23.8 Å². The van der Waals surface area contributed by atoms with Gasteiger partial charge in [-0.25, -0.2) is 0 Å². The van der Waals surface area contributed by atoms with Gasteiger partial charge in [0.25, 0.3) is 17.5 Å². The Morgan fingerprint density at radius 3 is 2.54 bits per heavy atom. The first-order chi connectivity index (χ1) is 11.4. The number of methoxy groups -OCH3 is 1. The van der Waals surface area contributed by atoms with Gasteiger partial charge in [0.1, 0.15) is 5.75 Å². The third kappa shape index (κ3) is 2.40. The number of nitrogens with zero attached hydrogens (tertiary/aromatic N) is 1. The summed E-state index contributed by atoms with van der Waals surface area (Å²) in [5.74, 6) is -0.779. The van der Waals surface area contributed by atoms with Crippen LogP contribution in [0.3, 0.4) is 0 Å². The number of benzene rings is 2. The predicted molar refractivity (Wildman–Crippen MR) is 85.4 cm³/mol. The minimum absolute atomic E-state index is 0.0641. The van der Waals surface area contributed by atoms with Crippen LogP contribution in [0.15, 0.2) is 36.4 Å². The summed E-state index contributed by atoms with van der Waals surface area (Å²) in [7, 11) is 1.48. The first-order valence-corrected chi connectivity index (χ1v) is 7.25. The molecule has 0 aliphatic carbocycles. The standard InChI is InChI=1S/C17H14N2O5/c1-9(13-8-10(19(22)23)6-7-14(13)24-2)11-4-3-5-12-15(11)17(21)18-16(12)20/h3-9H,1-2H3,(H,18,20,21). The first-order valence-electron chi connectivity index (χ1n) is 7.25. The van der Waals surface area contributed by atoms with E-state index in [2.05, 4.69) is 5.32 Å². The number of amides is 2. The number of nitro groups is 1. The highest BCUT2D eigenvalue weighted by Gasteiger charge is 2.31. The highest BCUT2D eigenvalue weighted by molar-refractivity contribution is 6.22. The molecular formula is C17H14N2O5. The molecule has 0 aromatic heterocycles. The van der Waals surface area contributed by atoms with Crippen LogP contribution in [0, 0.1) is 10.1 Å². The van der Waals surface area contributed by atoms with Gasteiger partial charge in [0.05, 0.1) is 23.2 Å². The quantitative estimate of drug-likeness (QED) is 0.529. The van der Waals surface area contributed by atoms with E-state index in [0.29, 0.717) is 28.0 Å². The van der Waals surface area contributed by atoms with Crippen LogP contribution >= 0.6 is 0 Å². The Morgan fingerprint density at radius 1 is 1.12 bits per heavy atom. The summed E-state index contributed by atoms with van der Waals surface area (Å²) in [5, 5.41) is 13.3. The van der Waals surface area contributed by atoms with Crippen LogP contribution < -0.4 is 10.1 Å². The number of carbonyl (C=O) groups is 2. The molecule has 1 heterocycles. The second-order valence-corrected chi connectivity index (χ2v) is 5.46. The van der Waals surface area contributed by atoms with Crippen LogP contribution in [0.4, 0.5) is 5.69 Å². The monoisotopic (exact) mass is 326 g/mol. The molecule has 1 aliphatic heterocycles. The van der Waals surface area contributed by atoms with Gasteiger partial charge in [-0.3, -0.25) is 25.0 Å². The Kier molecular flexibility index (Phi) is 3.76. The lowest BCUT2D eigenvalue weighted by molar-refractivity contribution is -0.384. The van der Waals surface area contributed by atoms with Gasteiger partial charge < -0.3 is 4.74 Å². The average molecular weight is 326 g/mol. The molecule has 0 fully saturated rings. The number of nitrogens with one attached hydrogen (secondary N) is 1. The molecule has 7 heteroatoms. The van der Waals surface area contributed by atoms with Crippen molar-refractivity contribution in [1.29, 1.82) is 0 Å². The van der Waals surface area contributed by atoms with Gasteiger partial charge in [-0.15, -0.1) is 0 Å². The number of fused-ring (bicyclic) bond motifs is 1. The van der Waals surface area contributed by atoms with Crippen molar-refractivity contribution in [3.8, 4) is 5.75 Å². The summed E-state index contributed by atoms with van der Waals surface area (Å²) >= 11 is 0. The van der Waals surface area contributed by atoms with Crippen LogP contribution in [0.5, 0.6) is 5.75 Å². The van der Waals surface area contributed by atoms with Crippen LogP contribution in [0.1, 0.15) is 44.7 Å². The molecule has 7 nitrogen and oxygen atoms in total. The number of ether oxygens (including phenoxy) is 1. The molecule has 1 N–H and O–H groups in total. The SMILES string of the molecule is COc1ccc([N+](=O)[O-])cc1C(C)c1cccc2c1C(=O)NC2=O. The van der Waals surface area contributed by atoms with Crippen LogP contribution in [0.25, 0.3) is 0 Å². The normalized spacial score (nSPS) is 14.1. The van der Waals surface area contributed by atoms with Gasteiger partial charge in [0.2, 0.25) is 0 Å². The van der Waals surface area contributed by atoms with Crippen molar-refractivity contribution in [1.82, 2.24) is 5.32 Å². The predicted octanol–water partition coefficient (Wildman–Crippen LogP) is 2.64. The Morgan fingerprint density at radius 2 is 1.88 bits per heavy atom. The third-order valence-corrected chi connectivity index (χ3v) is 4.15. The van der Waals surface area contributed by atoms with E-state index in [4.69, 9.17) is 4.74 Å². The topological polar surface area (TPSA) is 98.5 Å². The summed E-state index contributed by atoms with van der Waals surface area (Å²) in [4.78, 5) is 34.5. The third-order valence-electron chi connectivity index (χ3n) is 4.15. The molecular weight excluding hydrogens is 312 g/mol. The van der Waals surface area contributed by atoms with Gasteiger partial charge >= 0.3 is 0 Å². The van der Waals surface area contributed by atoms with Crippen molar-refractivity contribution < 1.29 is 19.2 Å². The number of non-ortho nitro benzene ring substituents is 1. The van der Waals surface area contributed by atoms with E-state index in [1.54, 1.807) is 18.2 Å². The van der Waals surface area contributed by atoms with Gasteiger partial charge in [-0.2, -0.15) is 0 Å². The van der Waals surface area contributed by atoms with Crippen LogP contribution in [-0.2, 0) is 0 Å². The molecule has 1 unspecified atom stereocenters. The Bertz CT molecular complexity index is 875. The number of carbonyl (C=O) groups excluding carboxylic acids is 2. The van der Waals surface area contributed by atoms with Crippen molar-refractivity contribution >= 4 is 17.5 Å². The van der Waals surface area contributed by atoms with E-state index in [1.165, 1.54) is 25.3 Å². The molecule has 1 aliphatic rings. The van der Waals surface area contributed by atoms with Crippen molar-refractivity contribution in [2.75, 3.05) is 7.11 Å². The zero-order chi connectivity index (χ0) is 17.4. The summed E-state index contributed by atoms with van der Waals surface area (Å²) in [6.45, 7) is 1.81. The Hall–Kier alpha value is -3.22. The van der Waals surface area contributed by atoms with E-state index in [9.17, 15) is 19.7 Å². The summed E-state index contributed by atoms with van der Waals surface area (Å²) in [5.41, 5.74) is 1.75. The minimum atomic E-state index is -0.485. The van der Waals surface area contributed by atoms with Gasteiger partial charge in [-0.1, -0.05) is 19.1 Å². The Balaban J connectivity index is 2.16. The van der Waals surface area contributed by atoms with Gasteiger partial charge in [-0.05, 0) is 17.7 Å². The maximum Gasteiger partial charge on any atom is 0.269 e. The largest absolute Gasteiger partial charge is 0.496 e. The molecule has 0 radical (unpaired) electrons. The lowest BCUT2D eigenvalue weighted by atomic mass is 9.87. The second-order valence-electron chi connectivity index (χ2n) is 5.46. The van der Waals surface area contributed by atoms with Crippen molar-refractivity contribution in [3.63, 3.8) is 0 Å². The smallest absolute Gasteiger partial charge is 0.269 e. The number of imide groups is 1. The number of nitro benzene ring substituents is 1. The fourth-order valence-electron chi connectivity index (χ4n) is 2.95. The van der Waals surface area contributed by atoms with E-state index >= 15 is 0 Å². The lowest BCUT2D eigenvalue weighted by Crippen LogP contribution is -2.20. The van der Waals surface area contributed by atoms with Crippen molar-refractivity contribution in [2.45, 2.75) is 12.8 Å². The highest BCUT2D eigenvalue weighted by Crippen LogP contribution is 2.37. The zero-order valence-corrected chi connectivity index (χ0v) is 13.0. The van der Waals surface area contributed by atoms with E-state index in [1.807, 2.05) is 6.92 Å². The molecule has 0 bridgehead atoms. The molecule has 3 rings (SSSR count). The summed E-state index contributed by atoms with van der Waals surface area (Å²) in [6, 6.07) is 9.32. The molecule has 0 spiro atoms. The average Bonchev–Trinajstić information content (AvgIpc) is 2.88. The number of hydrogen-bond acceptors (Lipinski definition) is 5. The molecule has 2 amide bonds. The fraction of sp³-hybridized carbons (Fsp3) is 0.176. The molecule has 24 heavy (non-hydrogen) atoms. The zero-order valence-electron chi connectivity index (χ0n) is 13.0. The molecule has 1 atom stereocenters. The van der Waals surface area contributed by atoms with E-state index in [0.717, 1.165) is 0 Å². The molecule has 0 saturated carbocycles.